The molecule has 1 unspecified atom stereocenters. The molecule has 9 heteroatoms. The molecular formula is C14H18F3NO4S. The molecule has 0 bridgehead atoms. The highest BCUT2D eigenvalue weighted by Gasteiger charge is 2.48. The minimum atomic E-state index is -5.67. The van der Waals surface area contributed by atoms with Crippen LogP contribution in [-0.2, 0) is 10.1 Å². The summed E-state index contributed by atoms with van der Waals surface area (Å²) in [7, 11) is -3.73. The Labute approximate surface area is 133 Å². The van der Waals surface area contributed by atoms with Crippen LogP contribution in [0.5, 0.6) is 11.5 Å². The Morgan fingerprint density at radius 3 is 2.70 bits per heavy atom. The van der Waals surface area contributed by atoms with Crippen LogP contribution in [0, 0.1) is 0 Å². The van der Waals surface area contributed by atoms with Crippen molar-refractivity contribution in [3.63, 3.8) is 0 Å². The fraction of sp³-hybridized carbons (Fsp3) is 0.571. The van der Waals surface area contributed by atoms with Crippen LogP contribution in [0.2, 0.25) is 0 Å². The Morgan fingerprint density at radius 1 is 1.39 bits per heavy atom. The highest BCUT2D eigenvalue weighted by Crippen LogP contribution is 2.38. The topological polar surface area (TPSA) is 55.8 Å². The second-order valence-corrected chi connectivity index (χ2v) is 6.99. The zero-order chi connectivity index (χ0) is 17.3. The van der Waals surface area contributed by atoms with Crippen LogP contribution in [-0.4, -0.2) is 45.6 Å². The van der Waals surface area contributed by atoms with Gasteiger partial charge in [-0.05, 0) is 38.2 Å². The van der Waals surface area contributed by atoms with E-state index >= 15 is 0 Å². The number of halogens is 3. The van der Waals surface area contributed by atoms with Crippen molar-refractivity contribution in [1.82, 2.24) is 4.90 Å². The second kappa shape index (κ2) is 6.56. The van der Waals surface area contributed by atoms with Crippen LogP contribution in [0.3, 0.4) is 0 Å². The third-order valence-corrected chi connectivity index (χ3v) is 4.47. The maximum atomic E-state index is 12.4. The number of rotatable bonds is 6. The van der Waals surface area contributed by atoms with Crippen LogP contribution >= 0.6 is 0 Å². The Kier molecular flexibility index (Phi) is 5.10. The first-order valence-corrected chi connectivity index (χ1v) is 8.51. The van der Waals surface area contributed by atoms with E-state index in [1.54, 1.807) is 0 Å². The van der Waals surface area contributed by atoms with Gasteiger partial charge in [0.1, 0.15) is 11.5 Å². The standard InChI is InChI=1S/C14H18F3NO4S/c1-3-6-18(2)8-10-9-21-13-5-4-11(7-12(10)13)22-23(19,20)14(15,16)17/h4-5,7,10H,3,6,8-9H2,1-2H3. The van der Waals surface area contributed by atoms with Gasteiger partial charge in [0.2, 0.25) is 0 Å². The van der Waals surface area contributed by atoms with E-state index < -0.39 is 15.6 Å². The summed E-state index contributed by atoms with van der Waals surface area (Å²) in [6.45, 7) is 3.99. The van der Waals surface area contributed by atoms with Crippen molar-refractivity contribution in [3.05, 3.63) is 23.8 Å². The summed E-state index contributed by atoms with van der Waals surface area (Å²) < 4.78 is 69.0. The second-order valence-electron chi connectivity index (χ2n) is 5.45. The first-order valence-electron chi connectivity index (χ1n) is 7.10. The molecule has 1 aromatic rings. The molecule has 0 saturated heterocycles. The van der Waals surface area contributed by atoms with Gasteiger partial charge in [0.25, 0.3) is 0 Å². The lowest BCUT2D eigenvalue weighted by Gasteiger charge is -2.19. The summed E-state index contributed by atoms with van der Waals surface area (Å²) >= 11 is 0. The normalized spacial score (nSPS) is 17.9. The highest BCUT2D eigenvalue weighted by atomic mass is 32.2. The Balaban J connectivity index is 2.19. The smallest absolute Gasteiger partial charge is 0.493 e. The van der Waals surface area contributed by atoms with Crippen molar-refractivity contribution in [2.45, 2.75) is 24.8 Å². The van der Waals surface area contributed by atoms with Crippen molar-refractivity contribution >= 4 is 10.1 Å². The van der Waals surface area contributed by atoms with Crippen molar-refractivity contribution in [3.8, 4) is 11.5 Å². The molecule has 1 aliphatic rings. The van der Waals surface area contributed by atoms with Gasteiger partial charge in [-0.3, -0.25) is 0 Å². The van der Waals surface area contributed by atoms with Gasteiger partial charge in [0.15, 0.2) is 0 Å². The molecule has 0 amide bonds. The third kappa shape index (κ3) is 4.08. The maximum Gasteiger partial charge on any atom is 0.534 e. The van der Waals surface area contributed by atoms with Gasteiger partial charge in [-0.1, -0.05) is 6.92 Å². The van der Waals surface area contributed by atoms with Gasteiger partial charge in [-0.25, -0.2) is 0 Å². The van der Waals surface area contributed by atoms with Gasteiger partial charge in [-0.2, -0.15) is 21.6 Å². The quantitative estimate of drug-likeness (QED) is 0.581. The Bertz CT molecular complexity index is 660. The molecule has 5 nitrogen and oxygen atoms in total. The Hall–Kier alpha value is -1.48. The van der Waals surface area contributed by atoms with E-state index in [1.165, 1.54) is 12.1 Å². The summed E-state index contributed by atoms with van der Waals surface area (Å²) in [6, 6.07) is 3.88. The monoisotopic (exact) mass is 353 g/mol. The van der Waals surface area contributed by atoms with Gasteiger partial charge in [0.05, 0.1) is 6.61 Å². The van der Waals surface area contributed by atoms with E-state index in [4.69, 9.17) is 4.74 Å². The molecule has 130 valence electrons. The lowest BCUT2D eigenvalue weighted by atomic mass is 10.0. The number of hydrogen-bond donors (Lipinski definition) is 0. The first-order chi connectivity index (χ1) is 10.6. The number of likely N-dealkylation sites (N-methyl/N-ethyl adjacent to an activating group) is 1. The molecule has 0 N–H and O–H groups in total. The van der Waals surface area contributed by atoms with E-state index in [-0.39, 0.29) is 11.7 Å². The molecule has 2 rings (SSSR count). The number of fused-ring (bicyclic) bond motifs is 1. The molecule has 0 fully saturated rings. The van der Waals surface area contributed by atoms with Crippen molar-refractivity contribution < 1.29 is 30.5 Å². The summed E-state index contributed by atoms with van der Waals surface area (Å²) in [4.78, 5) is 2.09. The van der Waals surface area contributed by atoms with E-state index in [0.29, 0.717) is 24.5 Å². The molecule has 0 aliphatic carbocycles. The fourth-order valence-electron chi connectivity index (χ4n) is 2.48. The van der Waals surface area contributed by atoms with E-state index in [1.807, 2.05) is 14.0 Å². The zero-order valence-electron chi connectivity index (χ0n) is 12.8. The van der Waals surface area contributed by atoms with Gasteiger partial charge >= 0.3 is 15.6 Å². The molecule has 1 atom stereocenters. The largest absolute Gasteiger partial charge is 0.534 e. The summed E-state index contributed by atoms with van der Waals surface area (Å²) in [5.41, 5.74) is -4.80. The van der Waals surface area contributed by atoms with E-state index in [0.717, 1.165) is 19.0 Å². The fourth-order valence-corrected chi connectivity index (χ4v) is 2.93. The number of hydrogen-bond acceptors (Lipinski definition) is 5. The lowest BCUT2D eigenvalue weighted by Crippen LogP contribution is -2.28. The molecule has 0 aromatic heterocycles. The predicted molar refractivity (Wildman–Crippen MR) is 78.1 cm³/mol. The average molecular weight is 353 g/mol. The maximum absolute atomic E-state index is 12.4. The van der Waals surface area contributed by atoms with Gasteiger partial charge in [-0.15, -0.1) is 0 Å². The van der Waals surface area contributed by atoms with E-state index in [2.05, 4.69) is 9.08 Å². The molecule has 0 spiro atoms. The van der Waals surface area contributed by atoms with Crippen molar-refractivity contribution in [1.29, 1.82) is 0 Å². The highest BCUT2D eigenvalue weighted by molar-refractivity contribution is 7.88. The van der Waals surface area contributed by atoms with Crippen LogP contribution in [0.1, 0.15) is 24.8 Å². The molecule has 1 aliphatic heterocycles. The summed E-state index contributed by atoms with van der Waals surface area (Å²) in [5.74, 6) is 0.130. The average Bonchev–Trinajstić information content (AvgIpc) is 2.80. The van der Waals surface area contributed by atoms with E-state index in [9.17, 15) is 21.6 Å². The number of ether oxygens (including phenoxy) is 1. The molecule has 1 heterocycles. The number of alkyl halides is 3. The molecule has 0 radical (unpaired) electrons. The zero-order valence-corrected chi connectivity index (χ0v) is 13.6. The van der Waals surface area contributed by atoms with Crippen molar-refractivity contribution in [2.24, 2.45) is 0 Å². The minimum absolute atomic E-state index is 0.0429. The molecular weight excluding hydrogens is 335 g/mol. The summed E-state index contributed by atoms with van der Waals surface area (Å²) in [6.07, 6.45) is 0.976. The lowest BCUT2D eigenvalue weighted by molar-refractivity contribution is -0.0500. The van der Waals surface area contributed by atoms with Crippen LogP contribution in [0.25, 0.3) is 0 Å². The first kappa shape index (κ1) is 17.9. The molecule has 1 aromatic carbocycles. The number of benzene rings is 1. The molecule has 23 heavy (non-hydrogen) atoms. The van der Waals surface area contributed by atoms with Gasteiger partial charge < -0.3 is 13.8 Å². The number of nitrogens with zero attached hydrogens (tertiary/aromatic N) is 1. The van der Waals surface area contributed by atoms with Crippen LogP contribution < -0.4 is 8.92 Å². The minimum Gasteiger partial charge on any atom is -0.493 e. The predicted octanol–water partition coefficient (Wildman–Crippen LogP) is 2.73. The Morgan fingerprint density at radius 2 is 2.09 bits per heavy atom. The van der Waals surface area contributed by atoms with Crippen LogP contribution in [0.15, 0.2) is 18.2 Å². The summed E-state index contributed by atoms with van der Waals surface area (Å²) in [5, 5.41) is 0. The van der Waals surface area contributed by atoms with Crippen molar-refractivity contribution in [2.75, 3.05) is 26.7 Å². The molecule has 0 saturated carbocycles. The SMILES string of the molecule is CCCN(C)CC1COc2ccc(OS(=O)(=O)C(F)(F)F)cc21. The van der Waals surface area contributed by atoms with Crippen LogP contribution in [0.4, 0.5) is 13.2 Å². The third-order valence-electron chi connectivity index (χ3n) is 3.49. The van der Waals surface area contributed by atoms with Gasteiger partial charge in [0, 0.05) is 18.0 Å².